The maximum atomic E-state index is 2.53. The second-order valence-electron chi connectivity index (χ2n) is 19.0. The van der Waals surface area contributed by atoms with E-state index in [0.717, 1.165) is 0 Å². The molecule has 0 radical (unpaired) electrons. The van der Waals surface area contributed by atoms with E-state index >= 15 is 0 Å². The summed E-state index contributed by atoms with van der Waals surface area (Å²) < 4.78 is 5.73. The van der Waals surface area contributed by atoms with Gasteiger partial charge >= 0.3 is 468 Å². The number of benzene rings is 12. The van der Waals surface area contributed by atoms with E-state index in [1.54, 1.807) is 0 Å². The standard InChI is InChI=1S/4C18H14P.Sn/c4*1-4-10-16(11-5-1)19(17-12-6-2-7-13-17)18-14-8-3-9-15-18;/h4*1-2,4-15H;. The van der Waals surface area contributed by atoms with Crippen LogP contribution in [0.3, 0.4) is 0 Å². The van der Waals surface area contributed by atoms with Crippen LogP contribution < -0.4 is 78.0 Å². The molecule has 0 amide bonds. The van der Waals surface area contributed by atoms with Crippen molar-refractivity contribution in [2.24, 2.45) is 0 Å². The molecular weight excluding hydrogens is 1110 g/mol. The van der Waals surface area contributed by atoms with Crippen LogP contribution in [0, 0.1) is 0 Å². The predicted molar refractivity (Wildman–Crippen MR) is 345 cm³/mol. The summed E-state index contributed by atoms with van der Waals surface area (Å²) >= 11 is -4.37. The summed E-state index contributed by atoms with van der Waals surface area (Å²) in [6.07, 6.45) is 0. The number of rotatable bonds is 16. The van der Waals surface area contributed by atoms with Gasteiger partial charge in [0.15, 0.2) is 0 Å². The molecule has 5 heteroatoms. The SMILES string of the molecule is c1ccc(P(c2ccccc2)c2cc[c]([Sn]([c]3ccc(P(c4ccccc4)c4ccccc4)cc3)([c]3ccc(P(c4ccccc4)c4ccccc4)cc3)[c]3ccc(P(c4ccccc4)c4ccccc4)cc3)cc2)cc1. The van der Waals surface area contributed by atoms with Crippen LogP contribution in [0.1, 0.15) is 0 Å². The molecule has 0 unspecified atom stereocenters. The third kappa shape index (κ3) is 10.9. The van der Waals surface area contributed by atoms with Gasteiger partial charge in [0.25, 0.3) is 0 Å². The predicted octanol–water partition coefficient (Wildman–Crippen LogP) is 10.1. The molecule has 0 aliphatic carbocycles. The van der Waals surface area contributed by atoms with Gasteiger partial charge in [0, 0.05) is 0 Å². The Morgan fingerprint density at radius 2 is 0.247 bits per heavy atom. The minimum absolute atomic E-state index is 0.795. The monoisotopic (exact) mass is 1160 g/mol. The van der Waals surface area contributed by atoms with Gasteiger partial charge in [-0.2, -0.15) is 0 Å². The van der Waals surface area contributed by atoms with Crippen molar-refractivity contribution < 1.29 is 0 Å². The molecule has 77 heavy (non-hydrogen) atoms. The molecule has 0 heterocycles. The normalized spacial score (nSPS) is 11.6. The zero-order valence-corrected chi connectivity index (χ0v) is 49.1. The third-order valence-electron chi connectivity index (χ3n) is 14.3. The summed E-state index contributed by atoms with van der Waals surface area (Å²) in [6, 6.07) is 129. The summed E-state index contributed by atoms with van der Waals surface area (Å²) in [6.45, 7) is 0. The summed E-state index contributed by atoms with van der Waals surface area (Å²) in [5.41, 5.74) is 0. The van der Waals surface area contributed by atoms with E-state index < -0.39 is 50.1 Å². The Bertz CT molecular complexity index is 3070. The molecule has 0 aliphatic heterocycles. The van der Waals surface area contributed by atoms with Crippen LogP contribution in [0.2, 0.25) is 0 Å². The second kappa shape index (κ2) is 24.2. The van der Waals surface area contributed by atoms with Gasteiger partial charge in [-0.1, -0.05) is 0 Å². The molecule has 0 aromatic heterocycles. The van der Waals surface area contributed by atoms with Gasteiger partial charge in [-0.15, -0.1) is 0 Å². The molecule has 0 fully saturated rings. The van der Waals surface area contributed by atoms with Crippen molar-refractivity contribution in [2.75, 3.05) is 0 Å². The first kappa shape index (κ1) is 50.9. The second-order valence-corrected chi connectivity index (χ2v) is 38.7. The van der Waals surface area contributed by atoms with Gasteiger partial charge in [0.05, 0.1) is 0 Å². The van der Waals surface area contributed by atoms with Crippen molar-refractivity contribution in [1.29, 1.82) is 0 Å². The van der Waals surface area contributed by atoms with Gasteiger partial charge in [-0.3, -0.25) is 0 Å². The molecule has 368 valence electrons. The summed E-state index contributed by atoms with van der Waals surface area (Å²) in [7, 11) is -3.18. The van der Waals surface area contributed by atoms with Crippen LogP contribution in [0.4, 0.5) is 0 Å². The molecule has 0 spiro atoms. The molecule has 0 nitrogen and oxygen atoms in total. The van der Waals surface area contributed by atoms with Gasteiger partial charge < -0.3 is 0 Å². The van der Waals surface area contributed by atoms with Crippen molar-refractivity contribution in [1.82, 2.24) is 0 Å². The quantitative estimate of drug-likeness (QED) is 0.0668. The van der Waals surface area contributed by atoms with E-state index in [4.69, 9.17) is 0 Å². The molecular formula is C72H56P4Sn. The molecule has 12 aromatic carbocycles. The van der Waals surface area contributed by atoms with Gasteiger partial charge in [0.1, 0.15) is 0 Å². The Labute approximate surface area is 464 Å². The van der Waals surface area contributed by atoms with Crippen molar-refractivity contribution in [3.63, 3.8) is 0 Å². The Hall–Kier alpha value is -6.84. The maximum absolute atomic E-state index is 4.37. The summed E-state index contributed by atoms with van der Waals surface area (Å²) in [4.78, 5) is 0. The molecule has 0 N–H and O–H groups in total. The Kier molecular flexibility index (Phi) is 16.0. The first-order valence-electron chi connectivity index (χ1n) is 26.3. The van der Waals surface area contributed by atoms with Crippen LogP contribution in [0.25, 0.3) is 0 Å². The molecule has 0 bridgehead atoms. The Balaban J connectivity index is 1.08. The summed E-state index contributed by atoms with van der Waals surface area (Å²) in [5.74, 6) is 0. The van der Waals surface area contributed by atoms with E-state index in [2.05, 4.69) is 340 Å². The van der Waals surface area contributed by atoms with Gasteiger partial charge in [-0.05, 0) is 0 Å². The zero-order valence-electron chi connectivity index (χ0n) is 42.6. The molecule has 12 rings (SSSR count). The van der Waals surface area contributed by atoms with Crippen molar-refractivity contribution >= 4 is 128 Å². The van der Waals surface area contributed by atoms with Crippen LogP contribution in [0.5, 0.6) is 0 Å². The molecule has 0 saturated heterocycles. The average Bonchev–Trinajstić information content (AvgIpc) is 3.51. The van der Waals surface area contributed by atoms with Crippen LogP contribution in [-0.4, -0.2) is 18.4 Å². The topological polar surface area (TPSA) is 0 Å². The van der Waals surface area contributed by atoms with Gasteiger partial charge in [-0.25, -0.2) is 0 Å². The van der Waals surface area contributed by atoms with Crippen molar-refractivity contribution in [3.8, 4) is 0 Å². The van der Waals surface area contributed by atoms with E-state index in [0.29, 0.717) is 0 Å². The minimum atomic E-state index is -4.37. The first-order chi connectivity index (χ1) is 38.2. The zero-order chi connectivity index (χ0) is 51.6. The fourth-order valence-corrected chi connectivity index (χ4v) is 33.3. The van der Waals surface area contributed by atoms with Crippen molar-refractivity contribution in [2.45, 2.75) is 0 Å². The van der Waals surface area contributed by atoms with Crippen LogP contribution in [0.15, 0.2) is 340 Å². The molecule has 0 saturated carbocycles. The van der Waals surface area contributed by atoms with Crippen LogP contribution in [-0.2, 0) is 0 Å². The third-order valence-corrected chi connectivity index (χ3v) is 37.8. The number of hydrogen-bond donors (Lipinski definition) is 0. The van der Waals surface area contributed by atoms with Crippen molar-refractivity contribution in [3.05, 3.63) is 340 Å². The van der Waals surface area contributed by atoms with E-state index in [1.807, 2.05) is 0 Å². The fraction of sp³-hybridized carbons (Fsp3) is 0. The van der Waals surface area contributed by atoms with E-state index in [9.17, 15) is 0 Å². The molecule has 0 aliphatic rings. The average molecular weight is 1160 g/mol. The van der Waals surface area contributed by atoms with E-state index in [-0.39, 0.29) is 0 Å². The van der Waals surface area contributed by atoms with E-state index in [1.165, 1.54) is 78.0 Å². The first-order valence-corrected chi connectivity index (χ1v) is 37.3. The fourth-order valence-electron chi connectivity index (χ4n) is 10.8. The molecule has 12 aromatic rings. The summed E-state index contributed by atoms with van der Waals surface area (Å²) in [5, 5.41) is 16.2. The Morgan fingerprint density at radius 3 is 0.377 bits per heavy atom. The Morgan fingerprint density at radius 1 is 0.130 bits per heavy atom. The number of hydrogen-bond acceptors (Lipinski definition) is 0. The molecule has 0 atom stereocenters. The van der Waals surface area contributed by atoms with Crippen LogP contribution >= 0.6 is 31.7 Å². The van der Waals surface area contributed by atoms with Gasteiger partial charge in [0.2, 0.25) is 0 Å².